The van der Waals surface area contributed by atoms with Crippen LogP contribution in [0.15, 0.2) is 24.3 Å². The van der Waals surface area contributed by atoms with E-state index in [-0.39, 0.29) is 44.9 Å². The fraction of sp³-hybridized carbons (Fsp3) is 0.529. The number of benzene rings is 1. The highest BCUT2D eigenvalue weighted by Crippen LogP contribution is 2.12. The van der Waals surface area contributed by atoms with Gasteiger partial charge in [-0.25, -0.2) is 0 Å². The molecule has 0 saturated heterocycles. The first-order valence-corrected chi connectivity index (χ1v) is 8.79. The van der Waals surface area contributed by atoms with E-state index in [0.717, 1.165) is 5.56 Å². The van der Waals surface area contributed by atoms with E-state index in [2.05, 4.69) is 15.5 Å². The molecule has 0 aliphatic heterocycles. The first-order chi connectivity index (χ1) is 13.4. The van der Waals surface area contributed by atoms with Crippen LogP contribution in [0.3, 0.4) is 0 Å². The Bertz CT molecular complexity index is 624. The lowest BCUT2D eigenvalue weighted by atomic mass is 10.1. The van der Waals surface area contributed by atoms with E-state index in [1.54, 1.807) is 24.3 Å². The number of ether oxygens (including phenoxy) is 1. The number of carbonyl (C=O) groups is 2. The monoisotopic (exact) mass is 398 g/mol. The van der Waals surface area contributed by atoms with Crippen LogP contribution in [-0.4, -0.2) is 61.0 Å². The van der Waals surface area contributed by atoms with Crippen LogP contribution in [-0.2, 0) is 20.8 Å². The zero-order valence-corrected chi connectivity index (χ0v) is 15.5. The summed E-state index contributed by atoms with van der Waals surface area (Å²) in [7, 11) is 0. The molecule has 5 N–H and O–H groups in total. The minimum Gasteiger partial charge on any atom is -0.491 e. The van der Waals surface area contributed by atoms with Gasteiger partial charge in [-0.2, -0.15) is 0 Å². The number of aliphatic hydroxyl groups excluding tert-OH is 1. The van der Waals surface area contributed by atoms with E-state index in [1.165, 1.54) is 0 Å². The molecule has 2 amide bonds. The van der Waals surface area contributed by atoms with Gasteiger partial charge < -0.3 is 31.0 Å². The third-order valence-electron chi connectivity index (χ3n) is 3.49. The molecular formula is C17H26N4O7. The average Bonchev–Trinajstić information content (AvgIpc) is 2.64. The highest BCUT2D eigenvalue weighted by molar-refractivity contribution is 5.76. The first kappa shape index (κ1) is 23.1. The van der Waals surface area contributed by atoms with Gasteiger partial charge in [-0.3, -0.25) is 9.59 Å². The Morgan fingerprint density at radius 1 is 1.25 bits per heavy atom. The Labute approximate surface area is 162 Å². The Morgan fingerprint density at radius 2 is 1.96 bits per heavy atom. The molecule has 0 aromatic heterocycles. The number of carbonyl (C=O) groups excluding carboxylic acids is 2. The quantitative estimate of drug-likeness (QED) is 0.168. The molecule has 11 nitrogen and oxygen atoms in total. The van der Waals surface area contributed by atoms with Crippen molar-refractivity contribution in [3.63, 3.8) is 0 Å². The van der Waals surface area contributed by atoms with Crippen molar-refractivity contribution in [2.75, 3.05) is 32.8 Å². The lowest BCUT2D eigenvalue weighted by molar-refractivity contribution is -0.757. The highest BCUT2D eigenvalue weighted by Gasteiger charge is 2.06. The summed E-state index contributed by atoms with van der Waals surface area (Å²) < 4.78 is 5.46. The lowest BCUT2D eigenvalue weighted by Crippen LogP contribution is -2.37. The third kappa shape index (κ3) is 11.6. The summed E-state index contributed by atoms with van der Waals surface area (Å²) in [6, 6.07) is 6.86. The van der Waals surface area contributed by atoms with Crippen molar-refractivity contribution in [3.8, 4) is 5.75 Å². The van der Waals surface area contributed by atoms with Crippen LogP contribution in [0.5, 0.6) is 5.75 Å². The first-order valence-electron chi connectivity index (χ1n) is 8.79. The maximum Gasteiger partial charge on any atom is 0.294 e. The SMILES string of the molecule is NC(=O)Cc1ccc(OCC(O)CNCCNC(=O)CCCO[N+](=O)[O-])cc1. The zero-order chi connectivity index (χ0) is 20.8. The molecule has 0 radical (unpaired) electrons. The Hall–Kier alpha value is -2.92. The van der Waals surface area contributed by atoms with Gasteiger partial charge in [0.15, 0.2) is 0 Å². The molecule has 1 aromatic carbocycles. The Balaban J connectivity index is 2.06. The topological polar surface area (TPSA) is 166 Å². The predicted octanol–water partition coefficient (Wildman–Crippen LogP) is -0.852. The van der Waals surface area contributed by atoms with Crippen LogP contribution in [0, 0.1) is 10.1 Å². The summed E-state index contributed by atoms with van der Waals surface area (Å²) in [5, 5.41) is 24.6. The van der Waals surface area contributed by atoms with E-state index in [1.807, 2.05) is 0 Å². The molecule has 0 bridgehead atoms. The predicted molar refractivity (Wildman–Crippen MR) is 98.9 cm³/mol. The van der Waals surface area contributed by atoms with E-state index < -0.39 is 17.1 Å². The van der Waals surface area contributed by atoms with E-state index >= 15 is 0 Å². The van der Waals surface area contributed by atoms with Crippen LogP contribution < -0.4 is 21.1 Å². The normalized spacial score (nSPS) is 11.5. The summed E-state index contributed by atoms with van der Waals surface area (Å²) in [5.41, 5.74) is 5.91. The molecule has 0 fully saturated rings. The molecule has 0 saturated carbocycles. The minimum atomic E-state index is -0.893. The second kappa shape index (κ2) is 13.3. The number of amides is 2. The van der Waals surface area contributed by atoms with Crippen molar-refractivity contribution in [1.29, 1.82) is 0 Å². The molecule has 156 valence electrons. The third-order valence-corrected chi connectivity index (χ3v) is 3.49. The molecule has 1 aromatic rings. The van der Waals surface area contributed by atoms with Gasteiger partial charge in [0.25, 0.3) is 5.09 Å². The van der Waals surface area contributed by atoms with Gasteiger partial charge in [0.2, 0.25) is 11.8 Å². The fourth-order valence-electron chi connectivity index (χ4n) is 2.18. The van der Waals surface area contributed by atoms with Crippen molar-refractivity contribution in [1.82, 2.24) is 10.6 Å². The number of nitrogens with zero attached hydrogens (tertiary/aromatic N) is 1. The van der Waals surface area contributed by atoms with Gasteiger partial charge in [0, 0.05) is 26.1 Å². The van der Waals surface area contributed by atoms with Crippen LogP contribution in [0.25, 0.3) is 0 Å². The number of aliphatic hydroxyl groups is 1. The van der Waals surface area contributed by atoms with Crippen LogP contribution in [0.1, 0.15) is 18.4 Å². The van der Waals surface area contributed by atoms with Crippen LogP contribution in [0.4, 0.5) is 0 Å². The number of nitrogens with one attached hydrogen (secondary N) is 2. The molecular weight excluding hydrogens is 372 g/mol. The van der Waals surface area contributed by atoms with Crippen LogP contribution in [0.2, 0.25) is 0 Å². The van der Waals surface area contributed by atoms with Crippen molar-refractivity contribution in [2.45, 2.75) is 25.4 Å². The average molecular weight is 398 g/mol. The Kier molecular flexibility index (Phi) is 11.0. The molecule has 28 heavy (non-hydrogen) atoms. The van der Waals surface area contributed by atoms with Crippen molar-refractivity contribution >= 4 is 11.8 Å². The van der Waals surface area contributed by atoms with Gasteiger partial charge in [-0.15, -0.1) is 10.1 Å². The van der Waals surface area contributed by atoms with Gasteiger partial charge >= 0.3 is 0 Å². The molecule has 0 aliphatic carbocycles. The number of hydrogen-bond acceptors (Lipinski definition) is 8. The second-order valence-corrected chi connectivity index (χ2v) is 5.97. The van der Waals surface area contributed by atoms with E-state index in [9.17, 15) is 24.8 Å². The minimum absolute atomic E-state index is 0.0883. The molecule has 1 rings (SSSR count). The molecule has 1 unspecified atom stereocenters. The lowest BCUT2D eigenvalue weighted by Gasteiger charge is -2.14. The largest absolute Gasteiger partial charge is 0.491 e. The number of primary amides is 1. The summed E-state index contributed by atoms with van der Waals surface area (Å²) in [4.78, 5) is 36.4. The molecule has 0 heterocycles. The molecule has 0 aliphatic rings. The molecule has 11 heteroatoms. The van der Waals surface area contributed by atoms with Gasteiger partial charge in [0.05, 0.1) is 13.0 Å². The number of hydrogen-bond donors (Lipinski definition) is 4. The summed E-state index contributed by atoms with van der Waals surface area (Å²) >= 11 is 0. The van der Waals surface area contributed by atoms with Crippen molar-refractivity contribution in [3.05, 3.63) is 39.9 Å². The summed E-state index contributed by atoms with van der Waals surface area (Å²) in [6.07, 6.45) is -0.168. The van der Waals surface area contributed by atoms with E-state index in [0.29, 0.717) is 18.8 Å². The highest BCUT2D eigenvalue weighted by atomic mass is 16.9. The second-order valence-electron chi connectivity index (χ2n) is 5.97. The zero-order valence-electron chi connectivity index (χ0n) is 15.5. The van der Waals surface area contributed by atoms with Gasteiger partial charge in [-0.1, -0.05) is 12.1 Å². The van der Waals surface area contributed by atoms with Crippen molar-refractivity contribution in [2.24, 2.45) is 5.73 Å². The Morgan fingerprint density at radius 3 is 2.61 bits per heavy atom. The molecule has 1 atom stereocenters. The number of nitrogens with two attached hydrogens (primary N) is 1. The summed E-state index contributed by atoms with van der Waals surface area (Å²) in [5.74, 6) is -0.0618. The summed E-state index contributed by atoms with van der Waals surface area (Å²) in [6.45, 7) is 1.08. The van der Waals surface area contributed by atoms with Gasteiger partial charge in [-0.05, 0) is 24.1 Å². The maximum atomic E-state index is 11.5. The van der Waals surface area contributed by atoms with E-state index in [4.69, 9.17) is 10.5 Å². The van der Waals surface area contributed by atoms with Crippen LogP contribution >= 0.6 is 0 Å². The molecule has 0 spiro atoms. The number of rotatable bonds is 15. The van der Waals surface area contributed by atoms with Gasteiger partial charge in [0.1, 0.15) is 18.5 Å². The standard InChI is InChI=1S/C17H26N4O7/c18-16(23)10-13-3-5-15(6-4-13)27-12-14(22)11-19-7-8-20-17(24)2-1-9-28-21(25)26/h3-6,14,19,22H,1-2,7-12H2,(H2,18,23)(H,20,24). The smallest absolute Gasteiger partial charge is 0.294 e. The maximum absolute atomic E-state index is 11.5. The fourth-order valence-corrected chi connectivity index (χ4v) is 2.18. The van der Waals surface area contributed by atoms with Crippen molar-refractivity contribution < 1.29 is 29.4 Å².